The van der Waals surface area contributed by atoms with E-state index < -0.39 is 17.3 Å². The van der Waals surface area contributed by atoms with Crippen molar-refractivity contribution in [2.45, 2.75) is 25.7 Å². The Morgan fingerprint density at radius 1 is 1.30 bits per heavy atom. The fourth-order valence-electron chi connectivity index (χ4n) is 3.49. The van der Waals surface area contributed by atoms with Crippen LogP contribution >= 0.6 is 0 Å². The molecule has 1 aromatic rings. The molecule has 1 aromatic carbocycles. The molecule has 2 atom stereocenters. The summed E-state index contributed by atoms with van der Waals surface area (Å²) < 4.78 is 4.70. The molecule has 1 spiro atoms. The Morgan fingerprint density at radius 3 is 2.75 bits per heavy atom. The number of fused-ring (bicyclic) bond motifs is 1. The average molecular weight is 272 g/mol. The van der Waals surface area contributed by atoms with Crippen LogP contribution in [0.1, 0.15) is 35.2 Å². The second-order valence-electron chi connectivity index (χ2n) is 5.69. The van der Waals surface area contributed by atoms with Crippen molar-refractivity contribution >= 4 is 17.5 Å². The third-order valence-corrected chi connectivity index (χ3v) is 4.59. The van der Waals surface area contributed by atoms with Gasteiger partial charge in [-0.25, -0.2) is 0 Å². The molecule has 2 aliphatic carbocycles. The molecule has 0 amide bonds. The van der Waals surface area contributed by atoms with Crippen molar-refractivity contribution in [3.8, 4) is 0 Å². The monoisotopic (exact) mass is 272 g/mol. The summed E-state index contributed by atoms with van der Waals surface area (Å²) in [5.74, 6) is -1.33. The van der Waals surface area contributed by atoms with E-state index >= 15 is 0 Å². The molecule has 4 nitrogen and oxygen atoms in total. The van der Waals surface area contributed by atoms with Gasteiger partial charge in [0.15, 0.2) is 5.78 Å². The van der Waals surface area contributed by atoms with E-state index in [1.807, 2.05) is 24.3 Å². The molecule has 0 heterocycles. The number of ketones is 2. The molecule has 20 heavy (non-hydrogen) atoms. The Hall–Kier alpha value is -1.97. The molecule has 0 aromatic heterocycles. The Balaban J connectivity index is 1.94. The highest BCUT2D eigenvalue weighted by Gasteiger charge is 2.51. The van der Waals surface area contributed by atoms with Crippen molar-refractivity contribution in [3.63, 3.8) is 0 Å². The van der Waals surface area contributed by atoms with Gasteiger partial charge in [-0.15, -0.1) is 0 Å². The quantitative estimate of drug-likeness (QED) is 0.579. The van der Waals surface area contributed by atoms with Gasteiger partial charge >= 0.3 is 5.97 Å². The van der Waals surface area contributed by atoms with E-state index in [0.717, 1.165) is 11.1 Å². The normalized spacial score (nSPS) is 28.6. The highest BCUT2D eigenvalue weighted by molar-refractivity contribution is 6.08. The van der Waals surface area contributed by atoms with E-state index in [1.165, 1.54) is 7.11 Å². The van der Waals surface area contributed by atoms with Gasteiger partial charge in [-0.05, 0) is 24.8 Å². The molecule has 4 heteroatoms. The number of hydrogen-bond acceptors (Lipinski definition) is 4. The van der Waals surface area contributed by atoms with Gasteiger partial charge in [0.2, 0.25) is 0 Å². The molecule has 3 rings (SSSR count). The van der Waals surface area contributed by atoms with Gasteiger partial charge in [-0.3, -0.25) is 14.4 Å². The van der Waals surface area contributed by atoms with Crippen LogP contribution in [0.2, 0.25) is 0 Å². The van der Waals surface area contributed by atoms with Crippen LogP contribution in [-0.2, 0) is 20.7 Å². The van der Waals surface area contributed by atoms with Crippen LogP contribution in [0.3, 0.4) is 0 Å². The number of carbonyl (C=O) groups is 3. The summed E-state index contributed by atoms with van der Waals surface area (Å²) in [6.07, 6.45) is 1.72. The number of esters is 1. The Bertz CT molecular complexity index is 596. The van der Waals surface area contributed by atoms with E-state index in [2.05, 4.69) is 0 Å². The lowest BCUT2D eigenvalue weighted by molar-refractivity contribution is -0.152. The maximum atomic E-state index is 12.7. The van der Waals surface area contributed by atoms with Crippen molar-refractivity contribution in [2.75, 3.05) is 7.11 Å². The Labute approximate surface area is 117 Å². The van der Waals surface area contributed by atoms with Gasteiger partial charge in [0, 0.05) is 17.4 Å². The summed E-state index contributed by atoms with van der Waals surface area (Å²) in [7, 11) is 1.28. The molecule has 0 aliphatic heterocycles. The number of Topliss-reactive ketones (excluding diaryl/α,β-unsaturated/α-hetero) is 2. The maximum absolute atomic E-state index is 12.7. The molecular weight excluding hydrogens is 256 g/mol. The summed E-state index contributed by atoms with van der Waals surface area (Å²) in [5, 5.41) is 0. The van der Waals surface area contributed by atoms with Crippen LogP contribution in [0.15, 0.2) is 24.3 Å². The molecule has 1 fully saturated rings. The van der Waals surface area contributed by atoms with Gasteiger partial charge in [-0.1, -0.05) is 24.3 Å². The molecule has 0 radical (unpaired) electrons. The van der Waals surface area contributed by atoms with Crippen LogP contribution in [0.25, 0.3) is 0 Å². The highest BCUT2D eigenvalue weighted by atomic mass is 16.5. The van der Waals surface area contributed by atoms with E-state index in [-0.39, 0.29) is 24.4 Å². The SMILES string of the molecule is COC(=O)[C@@H]1C[C@@]2(CCC1=O)Cc1ccccc1C2=O. The van der Waals surface area contributed by atoms with E-state index in [1.54, 1.807) is 0 Å². The minimum absolute atomic E-state index is 0.0782. The number of carbonyl (C=O) groups excluding carboxylic acids is 3. The molecule has 0 saturated heterocycles. The van der Waals surface area contributed by atoms with Gasteiger partial charge < -0.3 is 4.74 Å². The number of ether oxygens (including phenoxy) is 1. The third kappa shape index (κ3) is 1.79. The Morgan fingerprint density at radius 2 is 2.05 bits per heavy atom. The molecule has 104 valence electrons. The van der Waals surface area contributed by atoms with Gasteiger partial charge in [-0.2, -0.15) is 0 Å². The smallest absolute Gasteiger partial charge is 0.316 e. The fraction of sp³-hybridized carbons (Fsp3) is 0.438. The maximum Gasteiger partial charge on any atom is 0.316 e. The van der Waals surface area contributed by atoms with Gasteiger partial charge in [0.05, 0.1) is 7.11 Å². The van der Waals surface area contributed by atoms with Gasteiger partial charge in [0.25, 0.3) is 0 Å². The Kier molecular flexibility index (Phi) is 2.96. The number of hydrogen-bond donors (Lipinski definition) is 0. The summed E-state index contributed by atoms with van der Waals surface area (Å²) in [4.78, 5) is 36.3. The average Bonchev–Trinajstić information content (AvgIpc) is 2.74. The summed E-state index contributed by atoms with van der Waals surface area (Å²) in [6.45, 7) is 0. The molecule has 0 bridgehead atoms. The van der Waals surface area contributed by atoms with Crippen LogP contribution < -0.4 is 0 Å². The minimum Gasteiger partial charge on any atom is -0.468 e. The zero-order chi connectivity index (χ0) is 14.3. The molecule has 0 unspecified atom stereocenters. The topological polar surface area (TPSA) is 60.4 Å². The first kappa shape index (κ1) is 13.0. The number of methoxy groups -OCH3 is 1. The fourth-order valence-corrected chi connectivity index (χ4v) is 3.49. The van der Waals surface area contributed by atoms with Crippen molar-refractivity contribution in [1.82, 2.24) is 0 Å². The third-order valence-electron chi connectivity index (χ3n) is 4.59. The van der Waals surface area contributed by atoms with Crippen LogP contribution in [0.4, 0.5) is 0 Å². The lowest BCUT2D eigenvalue weighted by Gasteiger charge is -2.34. The molecular formula is C16H16O4. The van der Waals surface area contributed by atoms with Crippen molar-refractivity contribution in [2.24, 2.45) is 11.3 Å². The van der Waals surface area contributed by atoms with Crippen LogP contribution in [-0.4, -0.2) is 24.6 Å². The predicted molar refractivity (Wildman–Crippen MR) is 71.3 cm³/mol. The number of benzene rings is 1. The largest absolute Gasteiger partial charge is 0.468 e. The van der Waals surface area contributed by atoms with Gasteiger partial charge in [0.1, 0.15) is 11.7 Å². The van der Waals surface area contributed by atoms with Crippen LogP contribution in [0.5, 0.6) is 0 Å². The molecule has 2 aliphatic rings. The van der Waals surface area contributed by atoms with E-state index in [4.69, 9.17) is 4.74 Å². The second kappa shape index (κ2) is 4.54. The van der Waals surface area contributed by atoms with Crippen molar-refractivity contribution < 1.29 is 19.1 Å². The van der Waals surface area contributed by atoms with Crippen LogP contribution in [0, 0.1) is 11.3 Å². The standard InChI is InChI=1S/C16H16O4/c1-20-15(19)12-9-16(7-6-13(12)17)8-10-4-2-3-5-11(10)14(16)18/h2-5,12H,6-9H2,1H3/t12-,16-/m1/s1. The highest BCUT2D eigenvalue weighted by Crippen LogP contribution is 2.48. The lowest BCUT2D eigenvalue weighted by Crippen LogP contribution is -2.41. The zero-order valence-electron chi connectivity index (χ0n) is 11.3. The van der Waals surface area contributed by atoms with Crippen molar-refractivity contribution in [1.29, 1.82) is 0 Å². The first-order valence-corrected chi connectivity index (χ1v) is 6.81. The summed E-state index contributed by atoms with van der Waals surface area (Å²) >= 11 is 0. The first-order valence-electron chi connectivity index (χ1n) is 6.81. The molecule has 1 saturated carbocycles. The summed E-state index contributed by atoms with van der Waals surface area (Å²) in [5.41, 5.74) is 1.18. The lowest BCUT2D eigenvalue weighted by atomic mass is 9.67. The second-order valence-corrected chi connectivity index (χ2v) is 5.69. The molecule has 0 N–H and O–H groups in total. The summed E-state index contributed by atoms with van der Waals surface area (Å²) in [6, 6.07) is 7.54. The van der Waals surface area contributed by atoms with Crippen molar-refractivity contribution in [3.05, 3.63) is 35.4 Å². The predicted octanol–water partition coefficient (Wildman–Crippen LogP) is 1.95. The van der Waals surface area contributed by atoms with E-state index in [9.17, 15) is 14.4 Å². The number of rotatable bonds is 1. The van der Waals surface area contributed by atoms with E-state index in [0.29, 0.717) is 12.8 Å². The zero-order valence-corrected chi connectivity index (χ0v) is 11.3. The first-order chi connectivity index (χ1) is 9.57. The minimum atomic E-state index is -0.785.